The largest absolute Gasteiger partial charge is 0.451 e. The molecule has 4 rings (SSSR count). The van der Waals surface area contributed by atoms with Gasteiger partial charge in [-0.15, -0.1) is 0 Å². The number of nitrogens with zero attached hydrogens (tertiary/aromatic N) is 1. The summed E-state index contributed by atoms with van der Waals surface area (Å²) in [6, 6.07) is 17.4. The van der Waals surface area contributed by atoms with Crippen LogP contribution in [0.25, 0.3) is 22.2 Å². The Morgan fingerprint density at radius 3 is 2.69 bits per heavy atom. The van der Waals surface area contributed by atoms with E-state index >= 15 is 0 Å². The average Bonchev–Trinajstić information content (AvgIpc) is 3.26. The van der Waals surface area contributed by atoms with Crippen molar-refractivity contribution in [3.63, 3.8) is 0 Å². The number of aryl methyl sites for hydroxylation is 2. The molecule has 0 atom stereocenters. The van der Waals surface area contributed by atoms with E-state index in [1.807, 2.05) is 68.4 Å². The summed E-state index contributed by atoms with van der Waals surface area (Å²) >= 11 is 0. The van der Waals surface area contributed by atoms with Crippen molar-refractivity contribution < 1.29 is 13.7 Å². The van der Waals surface area contributed by atoms with E-state index in [-0.39, 0.29) is 12.5 Å². The summed E-state index contributed by atoms with van der Waals surface area (Å²) < 4.78 is 11.0. The predicted molar refractivity (Wildman–Crippen MR) is 98.8 cm³/mol. The van der Waals surface area contributed by atoms with Crippen LogP contribution < -0.4 is 5.32 Å². The van der Waals surface area contributed by atoms with Gasteiger partial charge in [0.2, 0.25) is 0 Å². The molecule has 0 saturated heterocycles. The zero-order valence-corrected chi connectivity index (χ0v) is 14.6. The third kappa shape index (κ3) is 2.99. The van der Waals surface area contributed by atoms with Crippen LogP contribution in [0.4, 0.5) is 0 Å². The van der Waals surface area contributed by atoms with Gasteiger partial charge in [0.1, 0.15) is 11.3 Å². The van der Waals surface area contributed by atoms with Crippen molar-refractivity contribution in [3.05, 3.63) is 77.2 Å². The summed E-state index contributed by atoms with van der Waals surface area (Å²) in [6.45, 7) is 4.15. The molecule has 26 heavy (non-hydrogen) atoms. The lowest BCUT2D eigenvalue weighted by Gasteiger charge is -2.00. The summed E-state index contributed by atoms with van der Waals surface area (Å²) in [5.74, 6) is 0.643. The molecule has 2 aromatic heterocycles. The number of carbonyl (C=O) groups excluding carboxylic acids is 1. The molecular formula is C21H18N2O3. The van der Waals surface area contributed by atoms with Crippen molar-refractivity contribution in [1.82, 2.24) is 10.5 Å². The number of nitrogens with one attached hydrogen (secondary N) is 1. The number of carbonyl (C=O) groups is 1. The Kier molecular flexibility index (Phi) is 4.05. The monoisotopic (exact) mass is 346 g/mol. The normalized spacial score (nSPS) is 11.0. The highest BCUT2D eigenvalue weighted by Gasteiger charge is 2.18. The van der Waals surface area contributed by atoms with Gasteiger partial charge < -0.3 is 14.3 Å². The van der Waals surface area contributed by atoms with E-state index < -0.39 is 0 Å². The molecule has 0 saturated carbocycles. The molecule has 0 fully saturated rings. The van der Waals surface area contributed by atoms with Gasteiger partial charge in [0.05, 0.1) is 6.54 Å². The molecular weight excluding hydrogens is 328 g/mol. The summed E-state index contributed by atoms with van der Waals surface area (Å²) in [7, 11) is 0. The van der Waals surface area contributed by atoms with E-state index in [1.54, 1.807) is 0 Å². The van der Waals surface area contributed by atoms with Gasteiger partial charge in [0.25, 0.3) is 5.91 Å². The maximum Gasteiger partial charge on any atom is 0.287 e. The van der Waals surface area contributed by atoms with E-state index in [0.717, 1.165) is 27.8 Å². The molecule has 2 heterocycles. The van der Waals surface area contributed by atoms with Crippen LogP contribution in [-0.2, 0) is 6.54 Å². The third-order valence-corrected chi connectivity index (χ3v) is 4.35. The van der Waals surface area contributed by atoms with Crippen LogP contribution in [0.5, 0.6) is 0 Å². The molecule has 1 amide bonds. The number of furan rings is 1. The highest BCUT2D eigenvalue weighted by molar-refractivity contribution is 5.99. The molecule has 130 valence electrons. The molecule has 0 aliphatic carbocycles. The first kappa shape index (κ1) is 16.1. The van der Waals surface area contributed by atoms with Crippen molar-refractivity contribution in [2.75, 3.05) is 0 Å². The number of aromatic nitrogens is 1. The molecule has 0 radical (unpaired) electrons. The van der Waals surface area contributed by atoms with Crippen LogP contribution in [0.1, 0.15) is 27.4 Å². The van der Waals surface area contributed by atoms with E-state index in [0.29, 0.717) is 17.1 Å². The zero-order valence-electron chi connectivity index (χ0n) is 14.6. The van der Waals surface area contributed by atoms with Gasteiger partial charge >= 0.3 is 0 Å². The van der Waals surface area contributed by atoms with Gasteiger partial charge in [0.15, 0.2) is 11.5 Å². The van der Waals surface area contributed by atoms with Crippen LogP contribution in [0.2, 0.25) is 0 Å². The highest BCUT2D eigenvalue weighted by atomic mass is 16.5. The van der Waals surface area contributed by atoms with Gasteiger partial charge in [-0.3, -0.25) is 4.79 Å². The number of benzene rings is 2. The summed E-state index contributed by atoms with van der Waals surface area (Å²) in [5, 5.41) is 7.84. The van der Waals surface area contributed by atoms with Crippen LogP contribution in [0.15, 0.2) is 63.5 Å². The Morgan fingerprint density at radius 2 is 1.88 bits per heavy atom. The fourth-order valence-corrected chi connectivity index (χ4v) is 2.94. The van der Waals surface area contributed by atoms with Crippen molar-refractivity contribution in [2.24, 2.45) is 0 Å². The lowest BCUT2D eigenvalue weighted by Crippen LogP contribution is -2.22. The average molecular weight is 346 g/mol. The summed E-state index contributed by atoms with van der Waals surface area (Å²) in [4.78, 5) is 12.5. The first-order valence-electron chi connectivity index (χ1n) is 8.41. The van der Waals surface area contributed by atoms with E-state index in [4.69, 9.17) is 8.94 Å². The SMILES string of the molecule is Cc1ccc2oc(C(=O)NCc3cc(-c4ccccc4)no3)c(C)c2c1. The van der Waals surface area contributed by atoms with Gasteiger partial charge in [-0.25, -0.2) is 0 Å². The van der Waals surface area contributed by atoms with Gasteiger partial charge in [0, 0.05) is 22.6 Å². The molecule has 0 aliphatic heterocycles. The minimum atomic E-state index is -0.269. The molecule has 0 aliphatic rings. The Hall–Kier alpha value is -3.34. The van der Waals surface area contributed by atoms with Crippen LogP contribution in [0.3, 0.4) is 0 Å². The molecule has 0 bridgehead atoms. The number of fused-ring (bicyclic) bond motifs is 1. The van der Waals surface area contributed by atoms with Gasteiger partial charge in [-0.2, -0.15) is 0 Å². The van der Waals surface area contributed by atoms with Crippen molar-refractivity contribution in [1.29, 1.82) is 0 Å². The first-order valence-corrected chi connectivity index (χ1v) is 8.41. The van der Waals surface area contributed by atoms with Crippen LogP contribution in [0, 0.1) is 13.8 Å². The van der Waals surface area contributed by atoms with Gasteiger partial charge in [-0.1, -0.05) is 47.1 Å². The van der Waals surface area contributed by atoms with Crippen molar-refractivity contribution in [2.45, 2.75) is 20.4 Å². The van der Waals surface area contributed by atoms with Crippen molar-refractivity contribution in [3.8, 4) is 11.3 Å². The molecule has 0 unspecified atom stereocenters. The first-order chi connectivity index (χ1) is 12.6. The number of rotatable bonds is 4. The highest BCUT2D eigenvalue weighted by Crippen LogP contribution is 2.26. The smallest absolute Gasteiger partial charge is 0.287 e. The molecule has 0 spiro atoms. The topological polar surface area (TPSA) is 68.3 Å². The van der Waals surface area contributed by atoms with E-state index in [1.165, 1.54) is 0 Å². The second-order valence-corrected chi connectivity index (χ2v) is 6.28. The fourth-order valence-electron chi connectivity index (χ4n) is 2.94. The molecule has 4 aromatic rings. The fraction of sp³-hybridized carbons (Fsp3) is 0.143. The zero-order chi connectivity index (χ0) is 18.1. The van der Waals surface area contributed by atoms with Crippen LogP contribution >= 0.6 is 0 Å². The Morgan fingerprint density at radius 1 is 1.08 bits per heavy atom. The Balaban J connectivity index is 1.49. The van der Waals surface area contributed by atoms with Crippen LogP contribution in [-0.4, -0.2) is 11.1 Å². The second kappa shape index (κ2) is 6.52. The molecule has 5 nitrogen and oxygen atoms in total. The second-order valence-electron chi connectivity index (χ2n) is 6.28. The maximum absolute atomic E-state index is 12.5. The third-order valence-electron chi connectivity index (χ3n) is 4.35. The maximum atomic E-state index is 12.5. The van der Waals surface area contributed by atoms with E-state index in [2.05, 4.69) is 10.5 Å². The van der Waals surface area contributed by atoms with E-state index in [9.17, 15) is 4.79 Å². The molecule has 5 heteroatoms. The quantitative estimate of drug-likeness (QED) is 0.585. The minimum Gasteiger partial charge on any atom is -0.451 e. The van der Waals surface area contributed by atoms with Gasteiger partial charge in [-0.05, 0) is 26.0 Å². The minimum absolute atomic E-state index is 0.244. The number of hydrogen-bond donors (Lipinski definition) is 1. The predicted octanol–water partition coefficient (Wildman–Crippen LogP) is 4.63. The summed E-state index contributed by atoms with van der Waals surface area (Å²) in [5.41, 5.74) is 4.39. The lowest BCUT2D eigenvalue weighted by molar-refractivity contribution is 0.0920. The molecule has 2 aromatic carbocycles. The lowest BCUT2D eigenvalue weighted by atomic mass is 10.1. The summed E-state index contributed by atoms with van der Waals surface area (Å²) in [6.07, 6.45) is 0. The van der Waals surface area contributed by atoms with Crippen molar-refractivity contribution >= 4 is 16.9 Å². The number of amides is 1. The Labute approximate surface area is 150 Å². The number of hydrogen-bond acceptors (Lipinski definition) is 4. The molecule has 1 N–H and O–H groups in total. The standard InChI is InChI=1S/C21H18N2O3/c1-13-8-9-19-17(10-13)14(2)20(25-19)21(24)22-12-16-11-18(23-26-16)15-6-4-3-5-7-15/h3-11H,12H2,1-2H3,(H,22,24). The Bertz CT molecular complexity index is 1080.